The van der Waals surface area contributed by atoms with Crippen molar-refractivity contribution in [1.29, 1.82) is 0 Å². The second-order valence-corrected chi connectivity index (χ2v) is 2.61. The van der Waals surface area contributed by atoms with Gasteiger partial charge in [-0.25, -0.2) is 4.39 Å². The molecule has 0 bridgehead atoms. The summed E-state index contributed by atoms with van der Waals surface area (Å²) in [6.45, 7) is 1.67. The van der Waals surface area contributed by atoms with Crippen molar-refractivity contribution in [2.45, 2.75) is 6.92 Å². The summed E-state index contributed by atoms with van der Waals surface area (Å²) < 4.78 is 18.0. The third-order valence-electron chi connectivity index (χ3n) is 1.77. The molecule has 0 aliphatic carbocycles. The zero-order valence-corrected chi connectivity index (χ0v) is 6.47. The Bertz CT molecular complexity index is 436. The fourth-order valence-corrected chi connectivity index (χ4v) is 1.17. The number of aromatic nitrogens is 1. The zero-order chi connectivity index (χ0) is 8.72. The van der Waals surface area contributed by atoms with Gasteiger partial charge in [0.15, 0.2) is 5.58 Å². The van der Waals surface area contributed by atoms with E-state index in [4.69, 9.17) is 10.3 Å². The van der Waals surface area contributed by atoms with Gasteiger partial charge in [-0.15, -0.1) is 0 Å². The van der Waals surface area contributed by atoms with Crippen LogP contribution < -0.4 is 5.73 Å². The molecular formula is C8H7FN2O. The molecule has 12 heavy (non-hydrogen) atoms. The molecule has 2 N–H and O–H groups in total. The maximum Gasteiger partial charge on any atom is 0.192 e. The minimum Gasteiger partial charge on any atom is -0.396 e. The van der Waals surface area contributed by atoms with Crippen molar-refractivity contribution in [1.82, 2.24) is 5.16 Å². The summed E-state index contributed by atoms with van der Waals surface area (Å²) in [5.41, 5.74) is 6.80. The van der Waals surface area contributed by atoms with Gasteiger partial charge < -0.3 is 10.3 Å². The van der Waals surface area contributed by atoms with Crippen molar-refractivity contribution in [3.8, 4) is 0 Å². The predicted octanol–water partition coefficient (Wildman–Crippen LogP) is 1.86. The van der Waals surface area contributed by atoms with Crippen LogP contribution in [0.2, 0.25) is 0 Å². The third-order valence-corrected chi connectivity index (χ3v) is 1.77. The lowest BCUT2D eigenvalue weighted by atomic mass is 10.2. The van der Waals surface area contributed by atoms with E-state index in [2.05, 4.69) is 5.16 Å². The Balaban J connectivity index is 2.98. The molecule has 0 saturated carbocycles. The molecule has 0 aliphatic rings. The number of rotatable bonds is 0. The Morgan fingerprint density at radius 1 is 1.50 bits per heavy atom. The van der Waals surface area contributed by atoms with Crippen molar-refractivity contribution in [2.75, 3.05) is 5.73 Å². The van der Waals surface area contributed by atoms with Gasteiger partial charge in [-0.3, -0.25) is 0 Å². The van der Waals surface area contributed by atoms with Crippen LogP contribution in [0.4, 0.5) is 10.1 Å². The maximum absolute atomic E-state index is 13.1. The molecule has 0 fully saturated rings. The lowest BCUT2D eigenvalue weighted by Crippen LogP contribution is -1.86. The molecule has 0 amide bonds. The number of nitrogen functional groups attached to an aromatic ring is 1. The number of hydrogen-bond acceptors (Lipinski definition) is 3. The van der Waals surface area contributed by atoms with Gasteiger partial charge >= 0.3 is 0 Å². The summed E-state index contributed by atoms with van der Waals surface area (Å²) in [4.78, 5) is 0. The average Bonchev–Trinajstić information content (AvgIpc) is 2.42. The summed E-state index contributed by atoms with van der Waals surface area (Å²) in [6.07, 6.45) is 0. The maximum atomic E-state index is 13.1. The van der Waals surface area contributed by atoms with Crippen molar-refractivity contribution in [3.63, 3.8) is 0 Å². The van der Waals surface area contributed by atoms with Crippen LogP contribution in [0, 0.1) is 12.7 Å². The van der Waals surface area contributed by atoms with Crippen molar-refractivity contribution in [3.05, 3.63) is 23.6 Å². The van der Waals surface area contributed by atoms with Crippen LogP contribution in [0.5, 0.6) is 0 Å². The minimum atomic E-state index is -0.349. The molecule has 1 aromatic carbocycles. The van der Waals surface area contributed by atoms with Crippen LogP contribution in [0.25, 0.3) is 11.0 Å². The molecule has 0 saturated heterocycles. The first-order chi connectivity index (χ1) is 5.70. The highest BCUT2D eigenvalue weighted by Gasteiger charge is 2.11. The van der Waals surface area contributed by atoms with E-state index in [9.17, 15) is 4.39 Å². The Morgan fingerprint density at radius 2 is 2.25 bits per heavy atom. The number of hydrogen-bond donors (Lipinski definition) is 1. The first kappa shape index (κ1) is 7.09. The number of aryl methyl sites for hydroxylation is 1. The predicted molar refractivity (Wildman–Crippen MR) is 43.1 cm³/mol. The van der Waals surface area contributed by atoms with Crippen molar-refractivity contribution < 1.29 is 8.91 Å². The average molecular weight is 166 g/mol. The quantitative estimate of drug-likeness (QED) is 0.607. The van der Waals surface area contributed by atoms with Crippen LogP contribution in [0.3, 0.4) is 0 Å². The molecule has 2 rings (SSSR count). The number of fused-ring (bicyclic) bond motifs is 1. The van der Waals surface area contributed by atoms with E-state index >= 15 is 0 Å². The monoisotopic (exact) mass is 166 g/mol. The molecule has 0 atom stereocenters. The Kier molecular flexibility index (Phi) is 1.30. The van der Waals surface area contributed by atoms with Gasteiger partial charge in [0.1, 0.15) is 5.82 Å². The van der Waals surface area contributed by atoms with E-state index in [1.807, 2.05) is 0 Å². The second kappa shape index (κ2) is 2.20. The van der Waals surface area contributed by atoms with Gasteiger partial charge in [-0.2, -0.15) is 0 Å². The highest BCUT2D eigenvalue weighted by molar-refractivity contribution is 5.89. The summed E-state index contributed by atoms with van der Waals surface area (Å²) in [7, 11) is 0. The van der Waals surface area contributed by atoms with E-state index in [-0.39, 0.29) is 5.82 Å². The minimum absolute atomic E-state index is 0.326. The number of anilines is 1. The molecule has 4 heteroatoms. The highest BCUT2D eigenvalue weighted by atomic mass is 19.1. The molecule has 0 spiro atoms. The van der Waals surface area contributed by atoms with Gasteiger partial charge in [0.05, 0.1) is 16.8 Å². The van der Waals surface area contributed by atoms with E-state index < -0.39 is 0 Å². The van der Waals surface area contributed by atoms with Crippen molar-refractivity contribution in [2.24, 2.45) is 0 Å². The Hall–Kier alpha value is -1.58. The standard InChI is InChI=1S/C8H7FN2O/c1-4-7-5(9)2-3-6(10)8(7)12-11-4/h2-3H,10H2,1H3. The van der Waals surface area contributed by atoms with E-state index in [1.54, 1.807) is 6.92 Å². The van der Waals surface area contributed by atoms with Gasteiger partial charge in [0, 0.05) is 0 Å². The lowest BCUT2D eigenvalue weighted by Gasteiger charge is -1.93. The summed E-state index contributed by atoms with van der Waals surface area (Å²) in [5.74, 6) is -0.349. The largest absolute Gasteiger partial charge is 0.396 e. The second-order valence-electron chi connectivity index (χ2n) is 2.61. The number of benzene rings is 1. The van der Waals surface area contributed by atoms with E-state index in [0.29, 0.717) is 22.4 Å². The Labute approximate surface area is 67.9 Å². The topological polar surface area (TPSA) is 52.0 Å². The van der Waals surface area contributed by atoms with Crippen LogP contribution in [0.15, 0.2) is 16.7 Å². The first-order valence-electron chi connectivity index (χ1n) is 3.50. The van der Waals surface area contributed by atoms with Crippen LogP contribution in [-0.2, 0) is 0 Å². The summed E-state index contributed by atoms with van der Waals surface area (Å²) in [6, 6.07) is 2.77. The number of nitrogens with two attached hydrogens (primary N) is 1. The van der Waals surface area contributed by atoms with Gasteiger partial charge in [-0.1, -0.05) is 5.16 Å². The SMILES string of the molecule is Cc1noc2c(N)ccc(F)c12. The molecular weight excluding hydrogens is 159 g/mol. The summed E-state index contributed by atoms with van der Waals surface area (Å²) >= 11 is 0. The molecule has 62 valence electrons. The Morgan fingerprint density at radius 3 is 2.92 bits per heavy atom. The highest BCUT2D eigenvalue weighted by Crippen LogP contribution is 2.25. The third kappa shape index (κ3) is 0.777. The van der Waals surface area contributed by atoms with Gasteiger partial charge in [0.25, 0.3) is 0 Å². The zero-order valence-electron chi connectivity index (χ0n) is 6.47. The number of halogens is 1. The van der Waals surface area contributed by atoms with Gasteiger partial charge in [-0.05, 0) is 19.1 Å². The molecule has 3 nitrogen and oxygen atoms in total. The normalized spacial score (nSPS) is 10.8. The molecule has 2 aromatic rings. The van der Waals surface area contributed by atoms with E-state index in [0.717, 1.165) is 0 Å². The molecule has 1 aromatic heterocycles. The van der Waals surface area contributed by atoms with Crippen LogP contribution >= 0.6 is 0 Å². The first-order valence-corrected chi connectivity index (χ1v) is 3.50. The fourth-order valence-electron chi connectivity index (χ4n) is 1.17. The molecule has 1 heterocycles. The molecule has 0 radical (unpaired) electrons. The number of nitrogens with zero attached hydrogens (tertiary/aromatic N) is 1. The van der Waals surface area contributed by atoms with Crippen LogP contribution in [-0.4, -0.2) is 5.16 Å². The summed E-state index contributed by atoms with van der Waals surface area (Å²) in [5, 5.41) is 3.99. The van der Waals surface area contributed by atoms with Crippen LogP contribution in [0.1, 0.15) is 5.69 Å². The van der Waals surface area contributed by atoms with Crippen molar-refractivity contribution >= 4 is 16.7 Å². The fraction of sp³-hybridized carbons (Fsp3) is 0.125. The smallest absolute Gasteiger partial charge is 0.192 e. The lowest BCUT2D eigenvalue weighted by molar-refractivity contribution is 0.451. The molecule has 0 aliphatic heterocycles. The molecule has 0 unspecified atom stereocenters. The van der Waals surface area contributed by atoms with Gasteiger partial charge in [0.2, 0.25) is 0 Å². The van der Waals surface area contributed by atoms with E-state index in [1.165, 1.54) is 12.1 Å².